The van der Waals surface area contributed by atoms with Crippen LogP contribution in [0, 0.1) is 0 Å². The maximum Gasteiger partial charge on any atom is 0.248 e. The lowest BCUT2D eigenvalue weighted by Gasteiger charge is -2.15. The van der Waals surface area contributed by atoms with Crippen molar-refractivity contribution in [3.8, 4) is 0 Å². The summed E-state index contributed by atoms with van der Waals surface area (Å²) < 4.78 is 2.04. The van der Waals surface area contributed by atoms with Crippen molar-refractivity contribution in [1.82, 2.24) is 9.47 Å². The lowest BCUT2D eigenvalue weighted by atomic mass is 10.1. The molecule has 0 saturated carbocycles. The maximum absolute atomic E-state index is 12.4. The summed E-state index contributed by atoms with van der Waals surface area (Å²) in [6.07, 6.45) is 5.41. The standard InChI is InChI=1S/C21H21N3O2/c1-23-14-17(18-8-3-4-9-19(18)23)10-11-20(25)24(2)13-15-6-5-7-16(12-15)21(22)26/h3-12,14H,13H2,1-2H3,(H2,22,26). The van der Waals surface area contributed by atoms with Crippen LogP contribution in [0.15, 0.2) is 60.8 Å². The van der Waals surface area contributed by atoms with Crippen molar-refractivity contribution < 1.29 is 9.59 Å². The van der Waals surface area contributed by atoms with Crippen LogP contribution >= 0.6 is 0 Å². The molecule has 0 spiro atoms. The number of benzene rings is 2. The zero-order chi connectivity index (χ0) is 18.7. The molecule has 0 aliphatic heterocycles. The van der Waals surface area contributed by atoms with Crippen molar-refractivity contribution >= 4 is 28.8 Å². The molecule has 3 rings (SSSR count). The Hall–Kier alpha value is -3.34. The number of fused-ring (bicyclic) bond motifs is 1. The second-order valence-electron chi connectivity index (χ2n) is 6.30. The molecule has 2 N–H and O–H groups in total. The van der Waals surface area contributed by atoms with Crippen LogP contribution in [-0.4, -0.2) is 28.3 Å². The SMILES string of the molecule is CN(Cc1cccc(C(N)=O)c1)C(=O)C=Cc1cn(C)c2ccccc12. The number of aromatic nitrogens is 1. The maximum atomic E-state index is 12.4. The Morgan fingerprint density at radius 3 is 2.69 bits per heavy atom. The Labute approximate surface area is 152 Å². The zero-order valence-electron chi connectivity index (χ0n) is 14.8. The van der Waals surface area contributed by atoms with Crippen molar-refractivity contribution in [2.24, 2.45) is 12.8 Å². The fourth-order valence-corrected chi connectivity index (χ4v) is 2.97. The number of likely N-dealkylation sites (N-methyl/N-ethyl adjacent to an activating group) is 1. The topological polar surface area (TPSA) is 68.3 Å². The van der Waals surface area contributed by atoms with Gasteiger partial charge in [-0.1, -0.05) is 30.3 Å². The van der Waals surface area contributed by atoms with E-state index in [4.69, 9.17) is 5.73 Å². The second-order valence-corrected chi connectivity index (χ2v) is 6.30. The molecular formula is C21H21N3O2. The van der Waals surface area contributed by atoms with Gasteiger partial charge in [0.25, 0.3) is 0 Å². The highest BCUT2D eigenvalue weighted by Gasteiger charge is 2.09. The summed E-state index contributed by atoms with van der Waals surface area (Å²) in [5.74, 6) is -0.584. The smallest absolute Gasteiger partial charge is 0.248 e. The Morgan fingerprint density at radius 2 is 1.92 bits per heavy atom. The Balaban J connectivity index is 1.73. The van der Waals surface area contributed by atoms with Crippen LogP contribution in [0.1, 0.15) is 21.5 Å². The van der Waals surface area contributed by atoms with Crippen LogP contribution in [0.25, 0.3) is 17.0 Å². The van der Waals surface area contributed by atoms with Gasteiger partial charge in [-0.3, -0.25) is 9.59 Å². The normalized spacial score (nSPS) is 11.2. The van der Waals surface area contributed by atoms with Crippen LogP contribution in [0.2, 0.25) is 0 Å². The van der Waals surface area contributed by atoms with Crippen molar-refractivity contribution in [3.05, 3.63) is 77.5 Å². The minimum atomic E-state index is -0.475. The zero-order valence-corrected chi connectivity index (χ0v) is 14.8. The third-order valence-corrected chi connectivity index (χ3v) is 4.34. The fraction of sp³-hybridized carbons (Fsp3) is 0.143. The molecule has 0 atom stereocenters. The van der Waals surface area contributed by atoms with Gasteiger partial charge in [-0.2, -0.15) is 0 Å². The van der Waals surface area contributed by atoms with E-state index in [0.717, 1.165) is 22.0 Å². The number of para-hydroxylation sites is 1. The lowest BCUT2D eigenvalue weighted by molar-refractivity contribution is -0.125. The van der Waals surface area contributed by atoms with Gasteiger partial charge in [-0.15, -0.1) is 0 Å². The molecule has 26 heavy (non-hydrogen) atoms. The molecule has 0 aliphatic carbocycles. The van der Waals surface area contributed by atoms with E-state index in [0.29, 0.717) is 12.1 Å². The first-order valence-corrected chi connectivity index (χ1v) is 8.31. The molecule has 1 heterocycles. The summed E-state index contributed by atoms with van der Waals surface area (Å²) in [6.45, 7) is 0.403. The highest BCUT2D eigenvalue weighted by atomic mass is 16.2. The first kappa shape index (κ1) is 17.5. The van der Waals surface area contributed by atoms with Crippen molar-refractivity contribution in [2.45, 2.75) is 6.54 Å². The van der Waals surface area contributed by atoms with Crippen molar-refractivity contribution in [3.63, 3.8) is 0 Å². The van der Waals surface area contributed by atoms with Gasteiger partial charge in [0.15, 0.2) is 0 Å². The molecule has 0 radical (unpaired) electrons. The summed E-state index contributed by atoms with van der Waals surface area (Å²) in [4.78, 5) is 25.3. The molecule has 0 bridgehead atoms. The molecule has 0 unspecified atom stereocenters. The van der Waals surface area contributed by atoms with Gasteiger partial charge < -0.3 is 15.2 Å². The Kier molecular flexibility index (Phi) is 4.89. The van der Waals surface area contributed by atoms with Gasteiger partial charge in [0.1, 0.15) is 0 Å². The molecule has 3 aromatic rings. The van der Waals surface area contributed by atoms with E-state index in [9.17, 15) is 9.59 Å². The first-order valence-electron chi connectivity index (χ1n) is 8.31. The third kappa shape index (κ3) is 3.67. The van der Waals surface area contributed by atoms with Gasteiger partial charge in [0.05, 0.1) is 0 Å². The third-order valence-electron chi connectivity index (χ3n) is 4.34. The van der Waals surface area contributed by atoms with E-state index < -0.39 is 5.91 Å². The molecular weight excluding hydrogens is 326 g/mol. The van der Waals surface area contributed by atoms with Gasteiger partial charge in [0, 0.05) is 54.9 Å². The highest BCUT2D eigenvalue weighted by Crippen LogP contribution is 2.21. The minimum absolute atomic E-state index is 0.109. The second kappa shape index (κ2) is 7.27. The predicted octanol–water partition coefficient (Wildman–Crippen LogP) is 2.95. The van der Waals surface area contributed by atoms with Crippen LogP contribution < -0.4 is 5.73 Å². The Morgan fingerprint density at radius 1 is 1.15 bits per heavy atom. The number of nitrogens with zero attached hydrogens (tertiary/aromatic N) is 2. The molecule has 5 heteroatoms. The van der Waals surface area contributed by atoms with Gasteiger partial charge in [-0.25, -0.2) is 0 Å². The van der Waals surface area contributed by atoms with E-state index in [1.807, 2.05) is 54.2 Å². The molecule has 0 aliphatic rings. The number of hydrogen-bond donors (Lipinski definition) is 1. The summed E-state index contributed by atoms with van der Waals surface area (Å²) in [5, 5.41) is 1.11. The molecule has 1 aromatic heterocycles. The van der Waals surface area contributed by atoms with Crippen molar-refractivity contribution in [2.75, 3.05) is 7.05 Å². The average Bonchev–Trinajstić information content (AvgIpc) is 2.96. The monoisotopic (exact) mass is 347 g/mol. The van der Waals surface area contributed by atoms with Gasteiger partial charge in [0.2, 0.25) is 11.8 Å². The van der Waals surface area contributed by atoms with E-state index in [-0.39, 0.29) is 5.91 Å². The molecule has 2 amide bonds. The van der Waals surface area contributed by atoms with E-state index >= 15 is 0 Å². The van der Waals surface area contributed by atoms with E-state index in [1.165, 1.54) is 0 Å². The summed E-state index contributed by atoms with van der Waals surface area (Å²) in [5.41, 5.74) is 8.72. The number of amides is 2. The first-order chi connectivity index (χ1) is 12.5. The fourth-order valence-electron chi connectivity index (χ4n) is 2.97. The van der Waals surface area contributed by atoms with Crippen LogP contribution in [0.3, 0.4) is 0 Å². The molecule has 132 valence electrons. The minimum Gasteiger partial charge on any atom is -0.366 e. The van der Waals surface area contributed by atoms with Crippen LogP contribution in [0.5, 0.6) is 0 Å². The van der Waals surface area contributed by atoms with E-state index in [1.54, 1.807) is 36.2 Å². The van der Waals surface area contributed by atoms with Crippen molar-refractivity contribution in [1.29, 1.82) is 0 Å². The van der Waals surface area contributed by atoms with E-state index in [2.05, 4.69) is 0 Å². The number of aryl methyl sites for hydroxylation is 1. The lowest BCUT2D eigenvalue weighted by Crippen LogP contribution is -2.24. The summed E-state index contributed by atoms with van der Waals surface area (Å²) in [7, 11) is 3.71. The number of hydrogen-bond acceptors (Lipinski definition) is 2. The number of rotatable bonds is 5. The van der Waals surface area contributed by atoms with Crippen LogP contribution in [0.4, 0.5) is 0 Å². The summed E-state index contributed by atoms with van der Waals surface area (Å²) in [6, 6.07) is 15.1. The molecule has 5 nitrogen and oxygen atoms in total. The van der Waals surface area contributed by atoms with Crippen LogP contribution in [-0.2, 0) is 18.4 Å². The highest BCUT2D eigenvalue weighted by molar-refractivity contribution is 5.96. The number of nitrogens with two attached hydrogens (primary N) is 1. The Bertz CT molecular complexity index is 1000. The quantitative estimate of drug-likeness (QED) is 0.721. The molecule has 0 saturated heterocycles. The molecule has 2 aromatic carbocycles. The number of primary amides is 1. The van der Waals surface area contributed by atoms with Gasteiger partial charge in [-0.05, 0) is 29.8 Å². The number of carbonyl (C=O) groups excluding carboxylic acids is 2. The predicted molar refractivity (Wildman–Crippen MR) is 103 cm³/mol. The number of carbonyl (C=O) groups is 2. The average molecular weight is 347 g/mol. The van der Waals surface area contributed by atoms with Gasteiger partial charge >= 0.3 is 0 Å². The molecule has 0 fully saturated rings. The summed E-state index contributed by atoms with van der Waals surface area (Å²) >= 11 is 0. The largest absolute Gasteiger partial charge is 0.366 e.